The summed E-state index contributed by atoms with van der Waals surface area (Å²) in [6, 6.07) is 33.1. The van der Waals surface area contributed by atoms with E-state index < -0.39 is 0 Å². The van der Waals surface area contributed by atoms with Crippen molar-refractivity contribution in [1.29, 1.82) is 0 Å². The van der Waals surface area contributed by atoms with Gasteiger partial charge in [-0.2, -0.15) is 0 Å². The Morgan fingerprint density at radius 3 is 2.41 bits per heavy atom. The number of carbonyl (C=O) groups excluding carboxylic acids is 1. The average Bonchev–Trinajstić information content (AvgIpc) is 3.23. The normalized spacial score (nSPS) is 10.9. The van der Waals surface area contributed by atoms with Crippen LogP contribution in [0.2, 0.25) is 5.02 Å². The summed E-state index contributed by atoms with van der Waals surface area (Å²) in [4.78, 5) is 17.3. The highest BCUT2D eigenvalue weighted by molar-refractivity contribution is 6.33. The van der Waals surface area contributed by atoms with Gasteiger partial charge in [-0.15, -0.1) is 0 Å². The summed E-state index contributed by atoms with van der Waals surface area (Å²) in [5.41, 5.74) is 5.57. The van der Waals surface area contributed by atoms with Crippen molar-refractivity contribution in [3.8, 4) is 5.69 Å². The first-order valence-electron chi connectivity index (χ1n) is 11.1. The van der Waals surface area contributed by atoms with Gasteiger partial charge in [-0.05, 0) is 60.5 Å². The van der Waals surface area contributed by atoms with Crippen LogP contribution in [0.1, 0.15) is 11.4 Å². The lowest BCUT2D eigenvalue weighted by atomic mass is 10.1. The Morgan fingerprint density at radius 2 is 1.56 bits per heavy atom. The molecule has 5 rings (SSSR count). The molecule has 0 atom stereocenters. The molecule has 0 fully saturated rings. The second kappa shape index (κ2) is 9.81. The van der Waals surface area contributed by atoms with Crippen molar-refractivity contribution in [1.82, 2.24) is 9.55 Å². The number of hydrogen-bond donors (Lipinski definition) is 2. The Hall–Kier alpha value is -4.09. The number of amides is 2. The predicted octanol–water partition coefficient (Wildman–Crippen LogP) is 7.11. The summed E-state index contributed by atoms with van der Waals surface area (Å²) >= 11 is 6.13. The second-order valence-electron chi connectivity index (χ2n) is 7.95. The summed E-state index contributed by atoms with van der Waals surface area (Å²) < 4.78 is 2.22. The largest absolute Gasteiger partial charge is 0.323 e. The minimum atomic E-state index is -0.337. The standard InChI is InChI=1S/C28H23ClN4O/c29-23-13-4-5-14-24(23)32-28(34)30-21-10-8-9-20(19-21)17-18-27-31-25-15-6-7-16-26(25)33(27)22-11-2-1-3-12-22/h1-16,19H,17-18H2,(H2,30,32,34). The highest BCUT2D eigenvalue weighted by Gasteiger charge is 2.12. The average molecular weight is 467 g/mol. The molecule has 0 saturated carbocycles. The Labute approximate surface area is 203 Å². The fraction of sp³-hybridized carbons (Fsp3) is 0.0714. The minimum absolute atomic E-state index is 0.337. The SMILES string of the molecule is O=C(Nc1cccc(CCc2nc3ccccc3n2-c2ccccc2)c1)Nc1ccccc1Cl. The van der Waals surface area contributed by atoms with Gasteiger partial charge < -0.3 is 10.6 Å². The van der Waals surface area contributed by atoms with Gasteiger partial charge in [0, 0.05) is 17.8 Å². The number of anilines is 2. The molecule has 5 nitrogen and oxygen atoms in total. The van der Waals surface area contributed by atoms with Crippen LogP contribution in [-0.2, 0) is 12.8 Å². The fourth-order valence-electron chi connectivity index (χ4n) is 4.02. The molecule has 0 spiro atoms. The maximum absolute atomic E-state index is 12.4. The molecule has 0 unspecified atom stereocenters. The smallest absolute Gasteiger partial charge is 0.308 e. The number of nitrogens with one attached hydrogen (secondary N) is 2. The number of para-hydroxylation sites is 4. The molecule has 2 amide bonds. The number of aryl methyl sites for hydroxylation is 2. The Kier molecular flexibility index (Phi) is 6.27. The highest BCUT2D eigenvalue weighted by Crippen LogP contribution is 2.24. The van der Waals surface area contributed by atoms with Crippen molar-refractivity contribution in [3.05, 3.63) is 120 Å². The number of halogens is 1. The van der Waals surface area contributed by atoms with Gasteiger partial charge in [0.25, 0.3) is 0 Å². The van der Waals surface area contributed by atoms with E-state index in [1.54, 1.807) is 12.1 Å². The summed E-state index contributed by atoms with van der Waals surface area (Å²) in [6.45, 7) is 0. The van der Waals surface area contributed by atoms with Gasteiger partial charge in [0.2, 0.25) is 0 Å². The molecule has 0 bridgehead atoms. The Bertz CT molecular complexity index is 1450. The van der Waals surface area contributed by atoms with Crippen LogP contribution in [0.3, 0.4) is 0 Å². The van der Waals surface area contributed by atoms with E-state index in [4.69, 9.17) is 16.6 Å². The minimum Gasteiger partial charge on any atom is -0.308 e. The molecule has 6 heteroatoms. The zero-order valence-electron chi connectivity index (χ0n) is 18.4. The van der Waals surface area contributed by atoms with Crippen molar-refractivity contribution in [2.45, 2.75) is 12.8 Å². The van der Waals surface area contributed by atoms with Crippen molar-refractivity contribution >= 4 is 40.0 Å². The van der Waals surface area contributed by atoms with Gasteiger partial charge in [0.1, 0.15) is 5.82 Å². The van der Waals surface area contributed by atoms with E-state index in [1.807, 2.05) is 66.7 Å². The molecule has 1 heterocycles. The first-order chi connectivity index (χ1) is 16.7. The second-order valence-corrected chi connectivity index (χ2v) is 8.35. The highest BCUT2D eigenvalue weighted by atomic mass is 35.5. The third-order valence-corrected chi connectivity index (χ3v) is 5.92. The molecule has 0 aliphatic rings. The third-order valence-electron chi connectivity index (χ3n) is 5.59. The van der Waals surface area contributed by atoms with E-state index in [0.717, 1.165) is 46.6 Å². The molecule has 0 aliphatic heterocycles. The lowest BCUT2D eigenvalue weighted by Crippen LogP contribution is -2.19. The van der Waals surface area contributed by atoms with Gasteiger partial charge >= 0.3 is 6.03 Å². The number of hydrogen-bond acceptors (Lipinski definition) is 2. The maximum Gasteiger partial charge on any atom is 0.323 e. The van der Waals surface area contributed by atoms with Crippen LogP contribution in [0.15, 0.2) is 103 Å². The summed E-state index contributed by atoms with van der Waals surface area (Å²) in [6.07, 6.45) is 1.55. The topological polar surface area (TPSA) is 59.0 Å². The molecule has 4 aromatic carbocycles. The maximum atomic E-state index is 12.4. The number of rotatable bonds is 6. The zero-order chi connectivity index (χ0) is 23.3. The molecule has 0 aliphatic carbocycles. The van der Waals surface area contributed by atoms with Gasteiger partial charge in [-0.1, -0.05) is 66.2 Å². The monoisotopic (exact) mass is 466 g/mol. The van der Waals surface area contributed by atoms with E-state index in [0.29, 0.717) is 10.7 Å². The number of fused-ring (bicyclic) bond motifs is 1. The summed E-state index contributed by atoms with van der Waals surface area (Å²) in [7, 11) is 0. The van der Waals surface area contributed by atoms with Crippen LogP contribution in [-0.4, -0.2) is 15.6 Å². The molecule has 168 valence electrons. The Balaban J connectivity index is 1.32. The first kappa shape index (κ1) is 21.7. The van der Waals surface area contributed by atoms with Gasteiger partial charge in [-0.3, -0.25) is 4.57 Å². The van der Waals surface area contributed by atoms with Crippen molar-refractivity contribution in [2.75, 3.05) is 10.6 Å². The van der Waals surface area contributed by atoms with Crippen LogP contribution in [0.4, 0.5) is 16.2 Å². The number of urea groups is 1. The van der Waals surface area contributed by atoms with Crippen LogP contribution >= 0.6 is 11.6 Å². The lowest BCUT2D eigenvalue weighted by molar-refractivity contribution is 0.262. The van der Waals surface area contributed by atoms with E-state index in [9.17, 15) is 4.79 Å². The molecule has 0 saturated heterocycles. The van der Waals surface area contributed by atoms with Gasteiger partial charge in [0.15, 0.2) is 0 Å². The lowest BCUT2D eigenvalue weighted by Gasteiger charge is -2.11. The number of benzene rings is 4. The van der Waals surface area contributed by atoms with Crippen LogP contribution in [0, 0.1) is 0 Å². The number of aromatic nitrogens is 2. The molecule has 34 heavy (non-hydrogen) atoms. The number of nitrogens with zero attached hydrogens (tertiary/aromatic N) is 2. The zero-order valence-corrected chi connectivity index (χ0v) is 19.2. The van der Waals surface area contributed by atoms with Crippen molar-refractivity contribution in [2.24, 2.45) is 0 Å². The molecular weight excluding hydrogens is 444 g/mol. The Morgan fingerprint density at radius 1 is 0.794 bits per heavy atom. The van der Waals surface area contributed by atoms with Crippen molar-refractivity contribution < 1.29 is 4.79 Å². The molecule has 0 radical (unpaired) electrons. The first-order valence-corrected chi connectivity index (χ1v) is 11.5. The van der Waals surface area contributed by atoms with E-state index in [2.05, 4.69) is 39.5 Å². The molecule has 2 N–H and O–H groups in total. The van der Waals surface area contributed by atoms with Crippen molar-refractivity contribution in [3.63, 3.8) is 0 Å². The quantitative estimate of drug-likeness (QED) is 0.280. The van der Waals surface area contributed by atoms with E-state index in [1.165, 1.54) is 0 Å². The van der Waals surface area contributed by atoms with Crippen LogP contribution in [0.5, 0.6) is 0 Å². The molecule has 5 aromatic rings. The van der Waals surface area contributed by atoms with Gasteiger partial charge in [0.05, 0.1) is 21.7 Å². The molecule has 1 aromatic heterocycles. The fourth-order valence-corrected chi connectivity index (χ4v) is 4.20. The number of carbonyl (C=O) groups is 1. The summed E-state index contributed by atoms with van der Waals surface area (Å²) in [5.74, 6) is 1.00. The van der Waals surface area contributed by atoms with E-state index in [-0.39, 0.29) is 6.03 Å². The van der Waals surface area contributed by atoms with Crippen LogP contribution < -0.4 is 10.6 Å². The summed E-state index contributed by atoms with van der Waals surface area (Å²) in [5, 5.41) is 6.16. The van der Waals surface area contributed by atoms with Gasteiger partial charge in [-0.25, -0.2) is 9.78 Å². The predicted molar refractivity (Wildman–Crippen MR) is 139 cm³/mol. The number of imidazole rings is 1. The third kappa shape index (κ3) is 4.80. The molecular formula is C28H23ClN4O. The van der Waals surface area contributed by atoms with Crippen LogP contribution in [0.25, 0.3) is 16.7 Å². The van der Waals surface area contributed by atoms with E-state index >= 15 is 0 Å².